The quantitative estimate of drug-likeness (QED) is 0.714. The highest BCUT2D eigenvalue weighted by atomic mass is 35.5. The number of rotatable bonds is 8. The number of halogens is 2. The summed E-state index contributed by atoms with van der Waals surface area (Å²) >= 11 is 5.67. The predicted molar refractivity (Wildman–Crippen MR) is 74.7 cm³/mol. The van der Waals surface area contributed by atoms with E-state index in [2.05, 4.69) is 0 Å². The van der Waals surface area contributed by atoms with Crippen LogP contribution in [0.3, 0.4) is 0 Å². The third-order valence-corrected chi connectivity index (χ3v) is 2.95. The van der Waals surface area contributed by atoms with E-state index in [1.54, 1.807) is 12.1 Å². The molecule has 0 aliphatic carbocycles. The van der Waals surface area contributed by atoms with E-state index in [9.17, 15) is 9.18 Å². The lowest BCUT2D eigenvalue weighted by Crippen LogP contribution is -2.32. The van der Waals surface area contributed by atoms with Crippen LogP contribution in [0.25, 0.3) is 0 Å². The largest absolute Gasteiger partial charge is 0.480 e. The first-order valence-corrected chi connectivity index (χ1v) is 6.56. The lowest BCUT2D eigenvalue weighted by atomic mass is 10.1. The van der Waals surface area contributed by atoms with Crippen LogP contribution in [0.2, 0.25) is 0 Å². The van der Waals surface area contributed by atoms with Gasteiger partial charge in [-0.1, -0.05) is 12.1 Å². The molecule has 4 nitrogen and oxygen atoms in total. The lowest BCUT2D eigenvalue weighted by molar-refractivity contribution is -0.138. The second-order valence-corrected chi connectivity index (χ2v) is 4.56. The fourth-order valence-electron chi connectivity index (χ4n) is 1.76. The SMILES string of the molecule is NC(Cc1ccc(N(CCF)CCCl)cc1)C(=O)O. The lowest BCUT2D eigenvalue weighted by Gasteiger charge is -2.22. The highest BCUT2D eigenvalue weighted by molar-refractivity contribution is 6.18. The number of carboxylic acid groups (broad SMARTS) is 1. The molecule has 0 amide bonds. The number of hydrogen-bond donors (Lipinski definition) is 2. The van der Waals surface area contributed by atoms with Gasteiger partial charge in [-0.3, -0.25) is 4.79 Å². The highest BCUT2D eigenvalue weighted by Crippen LogP contribution is 2.16. The number of benzene rings is 1. The summed E-state index contributed by atoms with van der Waals surface area (Å²) in [5.74, 6) is -0.601. The third-order valence-electron chi connectivity index (χ3n) is 2.78. The van der Waals surface area contributed by atoms with Gasteiger partial charge in [0.1, 0.15) is 12.7 Å². The Morgan fingerprint density at radius 1 is 1.37 bits per heavy atom. The molecule has 1 rings (SSSR count). The van der Waals surface area contributed by atoms with Crippen LogP contribution >= 0.6 is 11.6 Å². The van der Waals surface area contributed by atoms with E-state index in [1.807, 2.05) is 17.0 Å². The molecular weight excluding hydrogens is 271 g/mol. The number of hydrogen-bond acceptors (Lipinski definition) is 3. The van der Waals surface area contributed by atoms with Crippen molar-refractivity contribution in [3.63, 3.8) is 0 Å². The molecule has 3 N–H and O–H groups in total. The monoisotopic (exact) mass is 288 g/mol. The second kappa shape index (κ2) is 7.96. The fourth-order valence-corrected chi connectivity index (χ4v) is 1.96. The zero-order chi connectivity index (χ0) is 14.3. The van der Waals surface area contributed by atoms with Crippen LogP contribution in [0.4, 0.5) is 10.1 Å². The molecule has 0 heterocycles. The van der Waals surface area contributed by atoms with E-state index < -0.39 is 18.7 Å². The van der Waals surface area contributed by atoms with E-state index in [4.69, 9.17) is 22.4 Å². The molecular formula is C13H18ClFN2O2. The Balaban J connectivity index is 2.71. The minimum absolute atomic E-state index is 0.272. The van der Waals surface area contributed by atoms with Crippen molar-refractivity contribution < 1.29 is 14.3 Å². The van der Waals surface area contributed by atoms with Gasteiger partial charge in [-0.15, -0.1) is 11.6 Å². The summed E-state index contributed by atoms with van der Waals surface area (Å²) in [6.07, 6.45) is 0.272. The molecule has 0 aliphatic heterocycles. The van der Waals surface area contributed by atoms with E-state index in [-0.39, 0.29) is 6.42 Å². The van der Waals surface area contributed by atoms with Gasteiger partial charge in [0.25, 0.3) is 0 Å². The van der Waals surface area contributed by atoms with Crippen molar-refractivity contribution in [2.45, 2.75) is 12.5 Å². The van der Waals surface area contributed by atoms with Gasteiger partial charge in [0, 0.05) is 24.7 Å². The third kappa shape index (κ3) is 5.04. The maximum absolute atomic E-state index is 12.4. The molecule has 0 saturated heterocycles. The number of anilines is 1. The van der Waals surface area contributed by atoms with Crippen LogP contribution in [-0.2, 0) is 11.2 Å². The van der Waals surface area contributed by atoms with Crippen molar-refractivity contribution >= 4 is 23.3 Å². The molecule has 1 unspecified atom stereocenters. The topological polar surface area (TPSA) is 66.6 Å². The van der Waals surface area contributed by atoms with Crippen LogP contribution < -0.4 is 10.6 Å². The minimum atomic E-state index is -1.02. The number of aliphatic carboxylic acids is 1. The van der Waals surface area contributed by atoms with E-state index >= 15 is 0 Å². The number of carboxylic acids is 1. The number of nitrogens with two attached hydrogens (primary N) is 1. The fraction of sp³-hybridized carbons (Fsp3) is 0.462. The Bertz CT molecular complexity index is 394. The minimum Gasteiger partial charge on any atom is -0.480 e. The van der Waals surface area contributed by atoms with Gasteiger partial charge in [0.15, 0.2) is 0 Å². The summed E-state index contributed by atoms with van der Waals surface area (Å²) in [4.78, 5) is 12.5. The van der Waals surface area contributed by atoms with Crippen molar-refractivity contribution in [2.75, 3.05) is 30.5 Å². The van der Waals surface area contributed by atoms with Crippen molar-refractivity contribution in [3.05, 3.63) is 29.8 Å². The Morgan fingerprint density at radius 2 is 2.00 bits per heavy atom. The van der Waals surface area contributed by atoms with E-state index in [0.29, 0.717) is 19.0 Å². The van der Waals surface area contributed by atoms with Gasteiger partial charge < -0.3 is 15.7 Å². The number of carbonyl (C=O) groups is 1. The van der Waals surface area contributed by atoms with Crippen molar-refractivity contribution in [3.8, 4) is 0 Å². The number of alkyl halides is 2. The van der Waals surface area contributed by atoms with E-state index in [0.717, 1.165) is 11.3 Å². The Hall–Kier alpha value is -1.33. The maximum atomic E-state index is 12.4. The molecule has 0 aromatic heterocycles. The van der Waals surface area contributed by atoms with Gasteiger partial charge in [-0.2, -0.15) is 0 Å². The zero-order valence-corrected chi connectivity index (χ0v) is 11.3. The summed E-state index contributed by atoms with van der Waals surface area (Å²) < 4.78 is 12.4. The molecule has 1 aromatic rings. The average molecular weight is 289 g/mol. The Morgan fingerprint density at radius 3 is 2.47 bits per heavy atom. The van der Waals surface area contributed by atoms with Crippen LogP contribution in [0.5, 0.6) is 0 Å². The van der Waals surface area contributed by atoms with Gasteiger partial charge in [0.05, 0.1) is 0 Å². The van der Waals surface area contributed by atoms with Gasteiger partial charge >= 0.3 is 5.97 Å². The van der Waals surface area contributed by atoms with Gasteiger partial charge in [-0.25, -0.2) is 4.39 Å². The maximum Gasteiger partial charge on any atom is 0.320 e. The Kier molecular flexibility index (Phi) is 6.59. The van der Waals surface area contributed by atoms with Crippen LogP contribution in [0, 0.1) is 0 Å². The average Bonchev–Trinajstić information content (AvgIpc) is 2.39. The predicted octanol–water partition coefficient (Wildman–Crippen LogP) is 1.66. The molecule has 0 bridgehead atoms. The molecule has 0 aliphatic rings. The van der Waals surface area contributed by atoms with E-state index in [1.165, 1.54) is 0 Å². The molecule has 6 heteroatoms. The summed E-state index contributed by atoms with van der Waals surface area (Å²) in [5, 5.41) is 8.74. The highest BCUT2D eigenvalue weighted by Gasteiger charge is 2.12. The molecule has 0 fully saturated rings. The normalized spacial score (nSPS) is 12.2. The molecule has 0 radical (unpaired) electrons. The summed E-state index contributed by atoms with van der Waals surface area (Å²) in [7, 11) is 0. The first-order chi connectivity index (χ1) is 9.08. The standard InChI is InChI=1S/C13H18ClFN2O2/c14-5-7-17(8-6-15)11-3-1-10(2-4-11)9-12(16)13(18)19/h1-4,12H,5-9,16H2,(H,18,19). The first kappa shape index (κ1) is 15.7. The molecule has 1 atom stereocenters. The zero-order valence-electron chi connectivity index (χ0n) is 10.6. The molecule has 0 spiro atoms. The molecule has 19 heavy (non-hydrogen) atoms. The van der Waals surface area contributed by atoms with Crippen LogP contribution in [-0.4, -0.2) is 42.8 Å². The molecule has 1 aromatic carbocycles. The summed E-state index contributed by atoms with van der Waals surface area (Å²) in [6, 6.07) is 6.35. The van der Waals surface area contributed by atoms with Crippen molar-refractivity contribution in [1.29, 1.82) is 0 Å². The van der Waals surface area contributed by atoms with Crippen molar-refractivity contribution in [1.82, 2.24) is 0 Å². The first-order valence-electron chi connectivity index (χ1n) is 6.02. The van der Waals surface area contributed by atoms with Gasteiger partial charge in [0.2, 0.25) is 0 Å². The van der Waals surface area contributed by atoms with Crippen LogP contribution in [0.1, 0.15) is 5.56 Å². The Labute approximate surface area is 117 Å². The second-order valence-electron chi connectivity index (χ2n) is 4.18. The van der Waals surface area contributed by atoms with Crippen LogP contribution in [0.15, 0.2) is 24.3 Å². The van der Waals surface area contributed by atoms with Crippen molar-refractivity contribution in [2.24, 2.45) is 5.73 Å². The summed E-state index contributed by atoms with van der Waals surface area (Å²) in [6.45, 7) is 0.419. The molecule has 106 valence electrons. The number of nitrogens with zero attached hydrogens (tertiary/aromatic N) is 1. The van der Waals surface area contributed by atoms with Gasteiger partial charge in [-0.05, 0) is 24.1 Å². The summed E-state index contributed by atoms with van der Waals surface area (Å²) in [5.41, 5.74) is 7.17. The molecule has 0 saturated carbocycles. The smallest absolute Gasteiger partial charge is 0.320 e.